The first-order valence-corrected chi connectivity index (χ1v) is 26.5. The maximum absolute atomic E-state index is 13.8. The fourth-order valence-electron chi connectivity index (χ4n) is 14.7. The zero-order chi connectivity index (χ0) is 49.3. The van der Waals surface area contributed by atoms with Crippen LogP contribution in [0.5, 0.6) is 23.0 Å². The fourth-order valence-corrected chi connectivity index (χ4v) is 15.0. The van der Waals surface area contributed by atoms with Gasteiger partial charge < -0.3 is 30.3 Å². The van der Waals surface area contributed by atoms with Crippen LogP contribution in [0.15, 0.2) is 84.9 Å². The Morgan fingerprint density at radius 2 is 0.957 bits per heavy atom. The lowest BCUT2D eigenvalue weighted by molar-refractivity contribution is -0.149. The third-order valence-electron chi connectivity index (χ3n) is 16.8. The average Bonchev–Trinajstić information content (AvgIpc) is 3.31. The van der Waals surface area contributed by atoms with E-state index in [2.05, 4.69) is 34.9 Å². The van der Waals surface area contributed by atoms with Gasteiger partial charge in [0.25, 0.3) is 0 Å². The molecule has 2 amide bonds. The number of phenols is 2. The Hall–Kier alpha value is -5.06. The normalized spacial score (nSPS) is 28.6. The summed E-state index contributed by atoms with van der Waals surface area (Å²) in [7, 11) is 0. The van der Waals surface area contributed by atoms with E-state index in [1.165, 1.54) is 42.9 Å². The lowest BCUT2D eigenvalue weighted by Gasteiger charge is -2.61. The molecule has 8 bridgehead atoms. The van der Waals surface area contributed by atoms with E-state index in [9.17, 15) is 29.4 Å². The van der Waals surface area contributed by atoms with Crippen molar-refractivity contribution in [1.82, 2.24) is 10.6 Å². The number of carbonyl (C=O) groups excluding carboxylic acids is 4. The van der Waals surface area contributed by atoms with Gasteiger partial charge in [0.2, 0.25) is 11.8 Å². The molecule has 4 N–H and O–H groups in total. The highest BCUT2D eigenvalue weighted by Crippen LogP contribution is 2.67. The summed E-state index contributed by atoms with van der Waals surface area (Å²) >= 11 is 12.3. The molecular weight excluding hydrogens is 924 g/mol. The molecule has 0 aromatic heterocycles. The molecule has 12 heteroatoms. The number of hydrogen-bond donors (Lipinski definition) is 4. The van der Waals surface area contributed by atoms with Crippen molar-refractivity contribution in [2.75, 3.05) is 13.1 Å². The summed E-state index contributed by atoms with van der Waals surface area (Å²) < 4.78 is 11.0. The van der Waals surface area contributed by atoms with Crippen LogP contribution in [-0.2, 0) is 42.8 Å². The summed E-state index contributed by atoms with van der Waals surface area (Å²) in [5.41, 5.74) is 4.06. The molecule has 8 fully saturated rings. The Balaban J connectivity index is 0.000000181. The molecule has 0 spiro atoms. The second-order valence-corrected chi connectivity index (χ2v) is 23.0. The van der Waals surface area contributed by atoms with Crippen LogP contribution in [0.2, 0.25) is 10.0 Å². The van der Waals surface area contributed by atoms with Crippen molar-refractivity contribution in [3.63, 3.8) is 0 Å². The first kappa shape index (κ1) is 49.9. The number of nitrogens with one attached hydrogen (secondary N) is 2. The molecule has 8 aliphatic carbocycles. The summed E-state index contributed by atoms with van der Waals surface area (Å²) in [6.45, 7) is 4.83. The molecule has 4 aromatic carbocycles. The van der Waals surface area contributed by atoms with Crippen molar-refractivity contribution in [1.29, 1.82) is 0 Å². The standard InChI is InChI=1S/C33H40ClNO5.C25H28ClNO3/c1-3-5-29(36)39-27-12-7-22(16-28(27)40-30(37)6-4-2)13-14-35-31(38)33-19-23-15-24(20-33)18-32(17-23,21-33)25-8-10-26(34)11-9-25;26-20-4-2-19(3-5-20)24-11-17-9-18(12-24)14-25(13-17,15-24)23(30)27-8-7-16-1-6-21(28)22(29)10-16/h7-12,16,23-24H,3-6,13-15,17-21H2,1-2H3,(H,35,38);1-6,10,17-18,28-29H,7-9,11-15H2,(H,27,30). The van der Waals surface area contributed by atoms with E-state index in [0.29, 0.717) is 68.9 Å². The summed E-state index contributed by atoms with van der Waals surface area (Å²) in [5.74, 6) is 2.32. The first-order chi connectivity index (χ1) is 33.6. The summed E-state index contributed by atoms with van der Waals surface area (Å²) in [5, 5.41) is 27.1. The van der Waals surface area contributed by atoms with Crippen molar-refractivity contribution < 1.29 is 38.9 Å². The highest BCUT2D eigenvalue weighted by atomic mass is 35.5. The SMILES string of the molecule is CCCC(=O)Oc1ccc(CCNC(=O)C23CC4CC(C2)CC(c2ccc(Cl)cc2)(C4)C3)cc1OC(=O)CCC.O=C(NCCc1ccc(O)c(O)c1)C12CC3CC(C1)CC(c1ccc(Cl)cc1)(C3)C2. The van der Waals surface area contributed by atoms with Gasteiger partial charge in [0, 0.05) is 36.0 Å². The highest BCUT2D eigenvalue weighted by molar-refractivity contribution is 6.30. The molecule has 4 atom stereocenters. The molecule has 0 saturated heterocycles. The van der Waals surface area contributed by atoms with Gasteiger partial charge in [-0.15, -0.1) is 0 Å². The van der Waals surface area contributed by atoms with Crippen LogP contribution in [0.25, 0.3) is 0 Å². The Labute approximate surface area is 422 Å². The zero-order valence-electron chi connectivity index (χ0n) is 40.6. The first-order valence-electron chi connectivity index (χ1n) is 25.8. The molecule has 12 rings (SSSR count). The molecule has 4 aromatic rings. The van der Waals surface area contributed by atoms with Gasteiger partial charge in [0.05, 0.1) is 10.8 Å². The minimum atomic E-state index is -0.364. The fraction of sp³-hybridized carbons (Fsp3) is 0.517. The van der Waals surface area contributed by atoms with Gasteiger partial charge in [-0.3, -0.25) is 19.2 Å². The second kappa shape index (κ2) is 20.6. The number of hydrogen-bond acceptors (Lipinski definition) is 8. The van der Waals surface area contributed by atoms with Crippen molar-refractivity contribution in [3.05, 3.63) is 117 Å². The minimum Gasteiger partial charge on any atom is -0.504 e. The van der Waals surface area contributed by atoms with E-state index in [1.807, 2.05) is 44.2 Å². The number of esters is 2. The number of aromatic hydroxyl groups is 2. The van der Waals surface area contributed by atoms with Crippen LogP contribution >= 0.6 is 23.2 Å². The monoisotopic (exact) mass is 990 g/mol. The van der Waals surface area contributed by atoms with E-state index < -0.39 is 0 Å². The van der Waals surface area contributed by atoms with Crippen LogP contribution in [0.3, 0.4) is 0 Å². The maximum Gasteiger partial charge on any atom is 0.311 e. The number of phenolic OH excluding ortho intramolecular Hbond substituents is 2. The maximum atomic E-state index is 13.8. The van der Waals surface area contributed by atoms with Crippen LogP contribution in [0, 0.1) is 34.5 Å². The van der Waals surface area contributed by atoms with Gasteiger partial charge in [-0.05, 0) is 208 Å². The second-order valence-electron chi connectivity index (χ2n) is 22.1. The van der Waals surface area contributed by atoms with Crippen molar-refractivity contribution in [2.24, 2.45) is 34.5 Å². The van der Waals surface area contributed by atoms with E-state index in [4.69, 9.17) is 32.7 Å². The van der Waals surface area contributed by atoms with Crippen LogP contribution in [0.4, 0.5) is 0 Å². The molecule has 8 saturated carbocycles. The molecule has 0 aliphatic heterocycles. The van der Waals surface area contributed by atoms with Gasteiger partial charge in [0.1, 0.15) is 0 Å². The highest BCUT2D eigenvalue weighted by Gasteiger charge is 2.62. The molecule has 372 valence electrons. The summed E-state index contributed by atoms with van der Waals surface area (Å²) in [6, 6.07) is 26.7. The molecule has 0 radical (unpaired) electrons. The number of halogens is 2. The lowest BCUT2D eigenvalue weighted by Crippen LogP contribution is -2.59. The molecule has 8 aliphatic rings. The van der Waals surface area contributed by atoms with Gasteiger partial charge in [0.15, 0.2) is 23.0 Å². The molecule has 70 heavy (non-hydrogen) atoms. The molecule has 0 heterocycles. The quantitative estimate of drug-likeness (QED) is 0.0492. The zero-order valence-corrected chi connectivity index (χ0v) is 42.1. The van der Waals surface area contributed by atoms with E-state index >= 15 is 0 Å². The predicted octanol–water partition coefficient (Wildman–Crippen LogP) is 11.9. The average molecular weight is 992 g/mol. The molecule has 10 nitrogen and oxygen atoms in total. The van der Waals surface area contributed by atoms with Crippen molar-refractivity contribution >= 4 is 47.0 Å². The van der Waals surface area contributed by atoms with Crippen LogP contribution < -0.4 is 20.1 Å². The number of ether oxygens (including phenoxy) is 2. The number of benzene rings is 4. The number of carbonyl (C=O) groups is 4. The topological polar surface area (TPSA) is 151 Å². The minimum absolute atomic E-state index is 0.0638. The van der Waals surface area contributed by atoms with E-state index in [0.717, 1.165) is 72.5 Å². The molecule has 4 unspecified atom stereocenters. The number of amides is 2. The Bertz CT molecular complexity index is 2550. The van der Waals surface area contributed by atoms with Crippen molar-refractivity contribution in [3.8, 4) is 23.0 Å². The van der Waals surface area contributed by atoms with Gasteiger partial charge in [-0.1, -0.05) is 73.4 Å². The van der Waals surface area contributed by atoms with Gasteiger partial charge in [-0.2, -0.15) is 0 Å². The smallest absolute Gasteiger partial charge is 0.311 e. The largest absolute Gasteiger partial charge is 0.504 e. The van der Waals surface area contributed by atoms with E-state index in [-0.39, 0.29) is 74.8 Å². The third kappa shape index (κ3) is 10.6. The Kier molecular flexibility index (Phi) is 14.7. The van der Waals surface area contributed by atoms with Gasteiger partial charge >= 0.3 is 11.9 Å². The Morgan fingerprint density at radius 1 is 0.543 bits per heavy atom. The van der Waals surface area contributed by atoms with Crippen LogP contribution in [-0.4, -0.2) is 47.1 Å². The van der Waals surface area contributed by atoms with Gasteiger partial charge in [-0.25, -0.2) is 0 Å². The third-order valence-corrected chi connectivity index (χ3v) is 17.3. The number of rotatable bonds is 16. The van der Waals surface area contributed by atoms with Crippen LogP contribution in [0.1, 0.15) is 139 Å². The molecular formula is C58H68Cl2N2O8. The Morgan fingerprint density at radius 3 is 1.39 bits per heavy atom. The summed E-state index contributed by atoms with van der Waals surface area (Å²) in [4.78, 5) is 51.5. The van der Waals surface area contributed by atoms with E-state index in [1.54, 1.807) is 24.3 Å². The summed E-state index contributed by atoms with van der Waals surface area (Å²) in [6.07, 6.45) is 16.1. The predicted molar refractivity (Wildman–Crippen MR) is 271 cm³/mol. The lowest BCUT2D eigenvalue weighted by atomic mass is 9.42. The van der Waals surface area contributed by atoms with Crippen molar-refractivity contribution in [2.45, 2.75) is 140 Å².